The number of anilines is 1. The SMILES string of the molecule is Cc1cnn(-c2cc(Cl)ccc2N)c1. The third-order valence-electron chi connectivity index (χ3n) is 1.95. The minimum atomic E-state index is 0.655. The van der Waals surface area contributed by atoms with Crippen LogP contribution in [0.15, 0.2) is 30.6 Å². The van der Waals surface area contributed by atoms with Gasteiger partial charge in [-0.25, -0.2) is 4.68 Å². The number of nitrogens with zero attached hydrogens (tertiary/aromatic N) is 2. The lowest BCUT2D eigenvalue weighted by Crippen LogP contribution is -1.99. The fourth-order valence-electron chi connectivity index (χ4n) is 1.26. The molecule has 0 amide bonds. The second-order valence-corrected chi connectivity index (χ2v) is 3.60. The van der Waals surface area contributed by atoms with Crippen molar-refractivity contribution in [2.45, 2.75) is 6.92 Å². The van der Waals surface area contributed by atoms with Crippen LogP contribution in [0.1, 0.15) is 5.56 Å². The summed E-state index contributed by atoms with van der Waals surface area (Å²) in [4.78, 5) is 0. The molecular weight excluding hydrogens is 198 g/mol. The predicted molar refractivity (Wildman–Crippen MR) is 57.7 cm³/mol. The average Bonchev–Trinajstić information content (AvgIpc) is 2.56. The van der Waals surface area contributed by atoms with Crippen LogP contribution in [0.2, 0.25) is 5.02 Å². The molecular formula is C10H10ClN3. The second kappa shape index (κ2) is 3.35. The van der Waals surface area contributed by atoms with Gasteiger partial charge in [0.05, 0.1) is 17.6 Å². The van der Waals surface area contributed by atoms with Crippen LogP contribution in [0, 0.1) is 6.92 Å². The van der Waals surface area contributed by atoms with Gasteiger partial charge in [0.1, 0.15) is 0 Å². The first-order valence-electron chi connectivity index (χ1n) is 4.23. The Labute approximate surface area is 87.1 Å². The topological polar surface area (TPSA) is 43.8 Å². The smallest absolute Gasteiger partial charge is 0.0889 e. The van der Waals surface area contributed by atoms with Crippen LogP contribution in [0.5, 0.6) is 0 Å². The quantitative estimate of drug-likeness (QED) is 0.730. The van der Waals surface area contributed by atoms with Crippen LogP contribution in [0.3, 0.4) is 0 Å². The van der Waals surface area contributed by atoms with E-state index < -0.39 is 0 Å². The maximum atomic E-state index is 5.88. The van der Waals surface area contributed by atoms with Crippen LogP contribution in [0.4, 0.5) is 5.69 Å². The van der Waals surface area contributed by atoms with Gasteiger partial charge in [0.15, 0.2) is 0 Å². The average molecular weight is 208 g/mol. The Morgan fingerprint density at radius 3 is 2.86 bits per heavy atom. The molecule has 1 aromatic carbocycles. The molecule has 0 bridgehead atoms. The molecule has 0 aliphatic rings. The normalized spacial score (nSPS) is 10.4. The van der Waals surface area contributed by atoms with Crippen molar-refractivity contribution in [3.63, 3.8) is 0 Å². The molecule has 0 saturated heterocycles. The van der Waals surface area contributed by atoms with E-state index in [0.717, 1.165) is 11.3 Å². The number of hydrogen-bond donors (Lipinski definition) is 1. The second-order valence-electron chi connectivity index (χ2n) is 3.17. The van der Waals surface area contributed by atoms with Crippen LogP contribution < -0.4 is 5.73 Å². The summed E-state index contributed by atoms with van der Waals surface area (Å²) in [6.45, 7) is 1.98. The van der Waals surface area contributed by atoms with E-state index in [9.17, 15) is 0 Å². The highest BCUT2D eigenvalue weighted by atomic mass is 35.5. The zero-order valence-corrected chi connectivity index (χ0v) is 8.49. The Kier molecular flexibility index (Phi) is 2.17. The van der Waals surface area contributed by atoms with Gasteiger partial charge >= 0.3 is 0 Å². The van der Waals surface area contributed by atoms with Crippen molar-refractivity contribution in [3.8, 4) is 5.69 Å². The molecule has 0 atom stereocenters. The Balaban J connectivity index is 2.55. The van der Waals surface area contributed by atoms with Gasteiger partial charge in [-0.15, -0.1) is 0 Å². The van der Waals surface area contributed by atoms with E-state index in [2.05, 4.69) is 5.10 Å². The molecule has 4 heteroatoms. The minimum Gasteiger partial charge on any atom is -0.397 e. The minimum absolute atomic E-state index is 0.655. The maximum absolute atomic E-state index is 5.88. The van der Waals surface area contributed by atoms with Crippen LogP contribution in [0.25, 0.3) is 5.69 Å². The molecule has 0 unspecified atom stereocenters. The summed E-state index contributed by atoms with van der Waals surface area (Å²) in [5.74, 6) is 0. The molecule has 1 aromatic heterocycles. The predicted octanol–water partition coefficient (Wildman–Crippen LogP) is 2.42. The number of rotatable bonds is 1. The van der Waals surface area contributed by atoms with Gasteiger partial charge in [0.2, 0.25) is 0 Å². The lowest BCUT2D eigenvalue weighted by atomic mass is 10.3. The van der Waals surface area contributed by atoms with Crippen molar-refractivity contribution in [3.05, 3.63) is 41.2 Å². The van der Waals surface area contributed by atoms with Gasteiger partial charge in [-0.3, -0.25) is 0 Å². The van der Waals surface area contributed by atoms with Gasteiger partial charge in [0, 0.05) is 11.2 Å². The van der Waals surface area contributed by atoms with Crippen LogP contribution in [-0.4, -0.2) is 9.78 Å². The largest absolute Gasteiger partial charge is 0.397 e. The summed E-state index contributed by atoms with van der Waals surface area (Å²) in [6.07, 6.45) is 3.68. The molecule has 3 nitrogen and oxygen atoms in total. The first-order chi connectivity index (χ1) is 6.66. The number of nitrogen functional groups attached to an aromatic ring is 1. The van der Waals surface area contributed by atoms with E-state index in [-0.39, 0.29) is 0 Å². The lowest BCUT2D eigenvalue weighted by molar-refractivity contribution is 0.883. The monoisotopic (exact) mass is 207 g/mol. The highest BCUT2D eigenvalue weighted by Gasteiger charge is 2.03. The molecule has 0 saturated carbocycles. The fourth-order valence-corrected chi connectivity index (χ4v) is 1.43. The van der Waals surface area contributed by atoms with E-state index in [1.54, 1.807) is 29.1 Å². The van der Waals surface area contributed by atoms with Crippen LogP contribution >= 0.6 is 11.6 Å². The summed E-state index contributed by atoms with van der Waals surface area (Å²) >= 11 is 5.88. The highest BCUT2D eigenvalue weighted by Crippen LogP contribution is 2.21. The first-order valence-corrected chi connectivity index (χ1v) is 4.61. The van der Waals surface area contributed by atoms with E-state index in [1.165, 1.54) is 0 Å². The molecule has 72 valence electrons. The zero-order valence-electron chi connectivity index (χ0n) is 7.74. The summed E-state index contributed by atoms with van der Waals surface area (Å²) in [7, 11) is 0. The molecule has 2 N–H and O–H groups in total. The Morgan fingerprint density at radius 2 is 2.21 bits per heavy atom. The molecule has 2 aromatic rings. The highest BCUT2D eigenvalue weighted by molar-refractivity contribution is 6.30. The molecule has 1 heterocycles. The molecule has 0 fully saturated rings. The maximum Gasteiger partial charge on any atom is 0.0889 e. The Bertz CT molecular complexity index is 462. The van der Waals surface area contributed by atoms with Crippen molar-refractivity contribution in [1.82, 2.24) is 9.78 Å². The van der Waals surface area contributed by atoms with Gasteiger partial charge < -0.3 is 5.73 Å². The van der Waals surface area contributed by atoms with Gasteiger partial charge in [-0.1, -0.05) is 11.6 Å². The molecule has 0 aliphatic carbocycles. The number of halogens is 1. The standard InChI is InChI=1S/C10H10ClN3/c1-7-5-13-14(6-7)10-4-8(11)2-3-9(10)12/h2-6H,12H2,1H3. The number of nitrogens with two attached hydrogens (primary N) is 1. The molecule has 14 heavy (non-hydrogen) atoms. The van der Waals surface area contributed by atoms with Gasteiger partial charge in [0.25, 0.3) is 0 Å². The molecule has 0 radical (unpaired) electrons. The van der Waals surface area contributed by atoms with Gasteiger partial charge in [-0.05, 0) is 30.7 Å². The Hall–Kier alpha value is -1.48. The number of aryl methyl sites for hydroxylation is 1. The lowest BCUT2D eigenvalue weighted by Gasteiger charge is -2.05. The first kappa shape index (κ1) is 9.09. The van der Waals surface area contributed by atoms with Gasteiger partial charge in [-0.2, -0.15) is 5.10 Å². The zero-order chi connectivity index (χ0) is 10.1. The van der Waals surface area contributed by atoms with Crippen molar-refractivity contribution in [1.29, 1.82) is 0 Å². The third-order valence-corrected chi connectivity index (χ3v) is 2.19. The van der Waals surface area contributed by atoms with Crippen molar-refractivity contribution < 1.29 is 0 Å². The fraction of sp³-hybridized carbons (Fsp3) is 0.100. The molecule has 0 aliphatic heterocycles. The summed E-state index contributed by atoms with van der Waals surface area (Å²) in [5, 5.41) is 4.82. The van der Waals surface area contributed by atoms with E-state index in [4.69, 9.17) is 17.3 Å². The van der Waals surface area contributed by atoms with E-state index in [1.807, 2.05) is 13.1 Å². The number of aromatic nitrogens is 2. The number of hydrogen-bond acceptors (Lipinski definition) is 2. The number of benzene rings is 1. The molecule has 0 spiro atoms. The third kappa shape index (κ3) is 1.59. The summed E-state index contributed by atoms with van der Waals surface area (Å²) in [6, 6.07) is 5.33. The van der Waals surface area contributed by atoms with Crippen molar-refractivity contribution in [2.75, 3.05) is 5.73 Å². The van der Waals surface area contributed by atoms with Crippen molar-refractivity contribution in [2.24, 2.45) is 0 Å². The molecule has 2 rings (SSSR count). The Morgan fingerprint density at radius 1 is 1.43 bits per heavy atom. The summed E-state index contributed by atoms with van der Waals surface area (Å²) in [5.41, 5.74) is 8.37. The van der Waals surface area contributed by atoms with Crippen LogP contribution in [-0.2, 0) is 0 Å². The van der Waals surface area contributed by atoms with E-state index >= 15 is 0 Å². The summed E-state index contributed by atoms with van der Waals surface area (Å²) < 4.78 is 1.72. The van der Waals surface area contributed by atoms with E-state index in [0.29, 0.717) is 10.7 Å². The van der Waals surface area contributed by atoms with Crippen molar-refractivity contribution >= 4 is 17.3 Å².